The van der Waals surface area contributed by atoms with Gasteiger partial charge in [0.1, 0.15) is 18.9 Å². The second kappa shape index (κ2) is 19.1. The number of aryl methyl sites for hydroxylation is 3. The number of hydrogen-bond acceptors (Lipinski definition) is 8. The van der Waals surface area contributed by atoms with Crippen molar-refractivity contribution in [1.82, 2.24) is 9.97 Å². The summed E-state index contributed by atoms with van der Waals surface area (Å²) in [4.78, 5) is 10.7. The first-order chi connectivity index (χ1) is 23.8. The van der Waals surface area contributed by atoms with Crippen LogP contribution in [0.5, 0.6) is 5.75 Å². The molecule has 0 radical (unpaired) electrons. The number of rotatable bonds is 21. The van der Waals surface area contributed by atoms with Gasteiger partial charge in [-0.1, -0.05) is 24.3 Å². The van der Waals surface area contributed by atoms with Gasteiger partial charge in [0.25, 0.3) is 0 Å². The van der Waals surface area contributed by atoms with Crippen LogP contribution in [0.4, 0.5) is 0 Å². The van der Waals surface area contributed by atoms with Crippen molar-refractivity contribution in [2.75, 3.05) is 79.6 Å². The lowest BCUT2D eigenvalue weighted by Crippen LogP contribution is -2.46. The molecule has 0 saturated carbocycles. The third-order valence-corrected chi connectivity index (χ3v) is 9.45. The molecule has 0 spiro atoms. The Hall–Kier alpha value is -3.44. The molecule has 266 valence electrons. The summed E-state index contributed by atoms with van der Waals surface area (Å²) in [6, 6.07) is 17.1. The molecule has 3 aromatic carbocycles. The zero-order valence-electron chi connectivity index (χ0n) is 30.6. The highest BCUT2D eigenvalue weighted by Crippen LogP contribution is 2.36. The molecule has 1 heterocycles. The standard InChI is InChI=1S/C40H56N3O6/c1-8-43(9-2,10-3)27-35-26-33(13-14-34(35)28-48-22-21-46-18-17-44)40-39(41-37-29(4)11-12-30(5)38(37)42-40)32-15-16-36(31(6)25-32)49-24-23-47-20-19-45-7/h11-16,25-26,44H,8-10,17-24,27-28H2,1-7H3/q+1. The van der Waals surface area contributed by atoms with Gasteiger partial charge in [0.2, 0.25) is 0 Å². The van der Waals surface area contributed by atoms with E-state index in [1.807, 2.05) is 6.07 Å². The average molecular weight is 675 g/mol. The maximum atomic E-state index is 9.01. The largest absolute Gasteiger partial charge is 0.491 e. The van der Waals surface area contributed by atoms with Gasteiger partial charge >= 0.3 is 0 Å². The van der Waals surface area contributed by atoms with Crippen molar-refractivity contribution in [3.63, 3.8) is 0 Å². The van der Waals surface area contributed by atoms with Crippen molar-refractivity contribution in [1.29, 1.82) is 0 Å². The second-order valence-corrected chi connectivity index (χ2v) is 12.6. The molecular weight excluding hydrogens is 618 g/mol. The van der Waals surface area contributed by atoms with Crippen molar-refractivity contribution in [3.05, 3.63) is 76.3 Å². The number of hydrogen-bond donors (Lipinski definition) is 1. The molecule has 9 heteroatoms. The number of aromatic nitrogens is 2. The van der Waals surface area contributed by atoms with E-state index in [1.165, 1.54) is 5.56 Å². The quantitative estimate of drug-likeness (QED) is 0.0760. The summed E-state index contributed by atoms with van der Waals surface area (Å²) >= 11 is 0. The Labute approximate surface area is 292 Å². The first-order valence-corrected chi connectivity index (χ1v) is 17.6. The molecular formula is C40H56N3O6+. The van der Waals surface area contributed by atoms with E-state index in [-0.39, 0.29) is 6.61 Å². The lowest BCUT2D eigenvalue weighted by molar-refractivity contribution is -0.936. The highest BCUT2D eigenvalue weighted by Gasteiger charge is 2.24. The number of aliphatic hydroxyl groups is 1. The molecule has 0 aliphatic rings. The van der Waals surface area contributed by atoms with Crippen molar-refractivity contribution in [2.45, 2.75) is 54.7 Å². The summed E-state index contributed by atoms with van der Waals surface area (Å²) in [7, 11) is 1.66. The van der Waals surface area contributed by atoms with Crippen LogP contribution in [-0.4, -0.2) is 99.2 Å². The fourth-order valence-electron chi connectivity index (χ4n) is 6.10. The number of fused-ring (bicyclic) bond motifs is 1. The predicted octanol–water partition coefficient (Wildman–Crippen LogP) is 6.83. The van der Waals surface area contributed by atoms with Gasteiger partial charge in [0.15, 0.2) is 0 Å². The maximum Gasteiger partial charge on any atom is 0.122 e. The Morgan fingerprint density at radius 1 is 0.612 bits per heavy atom. The van der Waals surface area contributed by atoms with E-state index in [0.29, 0.717) is 52.9 Å². The fraction of sp³-hybridized carbons (Fsp3) is 0.500. The molecule has 0 amide bonds. The first kappa shape index (κ1) is 38.4. The molecule has 4 rings (SSSR count). The minimum Gasteiger partial charge on any atom is -0.491 e. The molecule has 0 aliphatic carbocycles. The van der Waals surface area contributed by atoms with Crippen molar-refractivity contribution in [2.24, 2.45) is 0 Å². The van der Waals surface area contributed by atoms with E-state index in [9.17, 15) is 0 Å². The van der Waals surface area contributed by atoms with Crippen LogP contribution < -0.4 is 4.74 Å². The van der Waals surface area contributed by atoms with Crippen LogP contribution in [0.25, 0.3) is 33.5 Å². The van der Waals surface area contributed by atoms with Crippen LogP contribution in [0.15, 0.2) is 48.5 Å². The van der Waals surface area contributed by atoms with Gasteiger partial charge in [-0.05, 0) is 88.1 Å². The molecule has 0 atom stereocenters. The van der Waals surface area contributed by atoms with Crippen LogP contribution in [0.2, 0.25) is 0 Å². The number of methoxy groups -OCH3 is 1. The highest BCUT2D eigenvalue weighted by molar-refractivity contribution is 5.89. The van der Waals surface area contributed by atoms with Gasteiger partial charge in [-0.25, -0.2) is 9.97 Å². The van der Waals surface area contributed by atoms with E-state index in [0.717, 1.165) is 92.2 Å². The van der Waals surface area contributed by atoms with Gasteiger partial charge in [-0.3, -0.25) is 0 Å². The minimum atomic E-state index is 0.0119. The van der Waals surface area contributed by atoms with Crippen molar-refractivity contribution < 1.29 is 33.3 Å². The molecule has 9 nitrogen and oxygen atoms in total. The Bertz CT molecular complexity index is 1630. The molecule has 1 aromatic heterocycles. The fourth-order valence-corrected chi connectivity index (χ4v) is 6.10. The van der Waals surface area contributed by atoms with Gasteiger partial charge in [0, 0.05) is 23.8 Å². The summed E-state index contributed by atoms with van der Waals surface area (Å²) in [5.74, 6) is 0.822. The van der Waals surface area contributed by atoms with E-state index in [1.54, 1.807) is 7.11 Å². The number of benzene rings is 3. The Kier molecular flexibility index (Phi) is 14.9. The van der Waals surface area contributed by atoms with E-state index < -0.39 is 0 Å². The molecule has 0 fully saturated rings. The normalized spacial score (nSPS) is 11.8. The monoisotopic (exact) mass is 674 g/mol. The number of quaternary nitrogens is 1. The first-order valence-electron chi connectivity index (χ1n) is 17.6. The molecule has 4 aromatic rings. The predicted molar refractivity (Wildman–Crippen MR) is 196 cm³/mol. The third kappa shape index (κ3) is 10.1. The summed E-state index contributed by atoms with van der Waals surface area (Å²) in [6.07, 6.45) is 0. The SMILES string of the molecule is CC[N+](CC)(CC)Cc1cc(-c2nc3c(C)ccc(C)c3nc2-c2ccc(OCCOCCOC)c(C)c2)ccc1COCCOCCO. The van der Waals surface area contributed by atoms with Gasteiger partial charge in [-0.15, -0.1) is 0 Å². The summed E-state index contributed by atoms with van der Waals surface area (Å²) in [6.45, 7) is 20.9. The molecule has 1 N–H and O–H groups in total. The topological polar surface area (TPSA) is 92.2 Å². The molecule has 0 aliphatic heterocycles. The molecule has 49 heavy (non-hydrogen) atoms. The average Bonchev–Trinajstić information content (AvgIpc) is 3.12. The number of nitrogens with zero attached hydrogens (tertiary/aromatic N) is 3. The molecule has 0 bridgehead atoms. The summed E-state index contributed by atoms with van der Waals surface area (Å²) in [5, 5.41) is 9.01. The Morgan fingerprint density at radius 2 is 1.18 bits per heavy atom. The van der Waals surface area contributed by atoms with Gasteiger partial charge in [0.05, 0.1) is 94.9 Å². The van der Waals surface area contributed by atoms with Crippen LogP contribution in [0.3, 0.4) is 0 Å². The third-order valence-electron chi connectivity index (χ3n) is 9.45. The van der Waals surface area contributed by atoms with E-state index >= 15 is 0 Å². The molecule has 0 unspecified atom stereocenters. The lowest BCUT2D eigenvalue weighted by Gasteiger charge is -2.36. The van der Waals surface area contributed by atoms with Crippen molar-refractivity contribution >= 4 is 11.0 Å². The summed E-state index contributed by atoms with van der Waals surface area (Å²) < 4.78 is 29.1. The van der Waals surface area contributed by atoms with Gasteiger partial charge in [-0.2, -0.15) is 0 Å². The zero-order valence-corrected chi connectivity index (χ0v) is 30.6. The number of ether oxygens (including phenoxy) is 5. The maximum absolute atomic E-state index is 9.01. The van der Waals surface area contributed by atoms with Crippen LogP contribution >= 0.6 is 0 Å². The molecule has 0 saturated heterocycles. The second-order valence-electron chi connectivity index (χ2n) is 12.6. The van der Waals surface area contributed by atoms with Crippen LogP contribution in [0, 0.1) is 20.8 Å². The zero-order chi connectivity index (χ0) is 35.2. The Balaban J connectivity index is 1.76. The lowest BCUT2D eigenvalue weighted by atomic mass is 9.97. The van der Waals surface area contributed by atoms with Gasteiger partial charge < -0.3 is 33.3 Å². The Morgan fingerprint density at radius 3 is 1.80 bits per heavy atom. The smallest absolute Gasteiger partial charge is 0.122 e. The van der Waals surface area contributed by atoms with E-state index in [2.05, 4.69) is 84.0 Å². The van der Waals surface area contributed by atoms with Crippen molar-refractivity contribution in [3.8, 4) is 28.3 Å². The highest BCUT2D eigenvalue weighted by atomic mass is 16.5. The minimum absolute atomic E-state index is 0.0119. The summed E-state index contributed by atoms with van der Waals surface area (Å²) in [5.41, 5.74) is 11.2. The van der Waals surface area contributed by atoms with E-state index in [4.69, 9.17) is 38.8 Å². The van der Waals surface area contributed by atoms with Crippen LogP contribution in [-0.2, 0) is 32.1 Å². The van der Waals surface area contributed by atoms with Crippen LogP contribution in [0.1, 0.15) is 48.6 Å². The number of aliphatic hydroxyl groups excluding tert-OH is 1.